The first-order valence-corrected chi connectivity index (χ1v) is 7.86. The summed E-state index contributed by atoms with van der Waals surface area (Å²) in [5, 5.41) is 6.79. The first kappa shape index (κ1) is 14.7. The van der Waals surface area contributed by atoms with Crippen molar-refractivity contribution in [2.45, 2.75) is 6.42 Å². The molecular formula is C17H16BrN3O. The van der Waals surface area contributed by atoms with Crippen molar-refractivity contribution in [1.82, 2.24) is 10.3 Å². The average Bonchev–Trinajstić information content (AvgIpc) is 2.97. The summed E-state index contributed by atoms with van der Waals surface area (Å²) < 4.78 is 1.06. The molecule has 0 aliphatic carbocycles. The van der Waals surface area contributed by atoms with Gasteiger partial charge in [-0.3, -0.25) is 0 Å². The Morgan fingerprint density at radius 3 is 2.73 bits per heavy atom. The molecule has 3 aromatic rings. The number of hydrogen-bond donors (Lipinski definition) is 3. The Hall–Kier alpha value is -2.27. The molecule has 0 saturated heterocycles. The molecule has 0 saturated carbocycles. The van der Waals surface area contributed by atoms with E-state index in [-0.39, 0.29) is 6.03 Å². The number of halogens is 1. The number of rotatable bonds is 4. The van der Waals surface area contributed by atoms with Gasteiger partial charge in [0.2, 0.25) is 0 Å². The number of amides is 2. The van der Waals surface area contributed by atoms with Gasteiger partial charge in [-0.25, -0.2) is 4.79 Å². The summed E-state index contributed by atoms with van der Waals surface area (Å²) in [6.45, 7) is 0.597. The van der Waals surface area contributed by atoms with E-state index in [9.17, 15) is 4.79 Å². The molecule has 3 rings (SSSR count). The van der Waals surface area contributed by atoms with Crippen LogP contribution in [0.1, 0.15) is 5.56 Å². The van der Waals surface area contributed by atoms with E-state index in [0.29, 0.717) is 6.54 Å². The summed E-state index contributed by atoms with van der Waals surface area (Å²) in [5.41, 5.74) is 3.03. The van der Waals surface area contributed by atoms with E-state index in [2.05, 4.69) is 31.5 Å². The van der Waals surface area contributed by atoms with E-state index in [0.717, 1.165) is 27.5 Å². The number of anilines is 1. The van der Waals surface area contributed by atoms with Gasteiger partial charge in [-0.1, -0.05) is 28.1 Å². The van der Waals surface area contributed by atoms with Crippen LogP contribution in [-0.2, 0) is 6.42 Å². The lowest BCUT2D eigenvalue weighted by Gasteiger charge is -2.08. The number of aromatic amines is 1. The Bertz CT molecular complexity index is 780. The van der Waals surface area contributed by atoms with Crippen LogP contribution in [0.25, 0.3) is 10.9 Å². The first-order chi connectivity index (χ1) is 10.7. The van der Waals surface area contributed by atoms with Crippen molar-refractivity contribution < 1.29 is 4.79 Å². The number of benzene rings is 2. The summed E-state index contributed by atoms with van der Waals surface area (Å²) in [6, 6.07) is 15.7. The van der Waals surface area contributed by atoms with Gasteiger partial charge in [0, 0.05) is 33.8 Å². The van der Waals surface area contributed by atoms with Gasteiger partial charge >= 0.3 is 6.03 Å². The molecular weight excluding hydrogens is 342 g/mol. The fourth-order valence-electron chi connectivity index (χ4n) is 2.28. The predicted octanol–water partition coefficient (Wildman–Crippen LogP) is 4.29. The van der Waals surface area contributed by atoms with E-state index in [1.165, 1.54) is 5.56 Å². The summed E-state index contributed by atoms with van der Waals surface area (Å²) >= 11 is 3.41. The van der Waals surface area contributed by atoms with Crippen molar-refractivity contribution >= 4 is 38.6 Å². The maximum atomic E-state index is 11.9. The van der Waals surface area contributed by atoms with Crippen LogP contribution in [0.3, 0.4) is 0 Å². The zero-order valence-corrected chi connectivity index (χ0v) is 13.5. The molecule has 0 radical (unpaired) electrons. The van der Waals surface area contributed by atoms with Crippen molar-refractivity contribution in [3.8, 4) is 0 Å². The minimum Gasteiger partial charge on any atom is -0.361 e. The van der Waals surface area contributed by atoms with E-state index in [1.54, 1.807) is 0 Å². The quantitative estimate of drug-likeness (QED) is 0.640. The average molecular weight is 358 g/mol. The molecule has 0 atom stereocenters. The minimum absolute atomic E-state index is 0.188. The number of urea groups is 1. The smallest absolute Gasteiger partial charge is 0.319 e. The fraction of sp³-hybridized carbons (Fsp3) is 0.118. The zero-order valence-electron chi connectivity index (χ0n) is 11.9. The van der Waals surface area contributed by atoms with Crippen LogP contribution in [0.4, 0.5) is 10.5 Å². The van der Waals surface area contributed by atoms with Crippen LogP contribution in [0.2, 0.25) is 0 Å². The molecule has 0 spiro atoms. The molecule has 0 unspecified atom stereocenters. The van der Waals surface area contributed by atoms with Crippen LogP contribution in [0, 0.1) is 0 Å². The fourth-order valence-corrected chi connectivity index (χ4v) is 2.54. The molecule has 112 valence electrons. The second-order valence-corrected chi connectivity index (χ2v) is 5.95. The van der Waals surface area contributed by atoms with Crippen molar-refractivity contribution in [3.63, 3.8) is 0 Å². The van der Waals surface area contributed by atoms with Crippen LogP contribution in [-0.4, -0.2) is 17.6 Å². The van der Waals surface area contributed by atoms with Gasteiger partial charge in [0.15, 0.2) is 0 Å². The Balaban J connectivity index is 1.50. The number of H-pyrrole nitrogens is 1. The highest BCUT2D eigenvalue weighted by Gasteiger charge is 2.03. The van der Waals surface area contributed by atoms with E-state index in [4.69, 9.17) is 0 Å². The highest BCUT2D eigenvalue weighted by Crippen LogP contribution is 2.17. The normalized spacial score (nSPS) is 10.6. The molecule has 5 heteroatoms. The maximum absolute atomic E-state index is 11.9. The second kappa shape index (κ2) is 6.66. The monoisotopic (exact) mass is 357 g/mol. The van der Waals surface area contributed by atoms with Gasteiger partial charge in [0.1, 0.15) is 0 Å². The molecule has 1 heterocycles. The van der Waals surface area contributed by atoms with Crippen LogP contribution in [0.15, 0.2) is 59.2 Å². The third-order valence-corrected chi connectivity index (χ3v) is 3.95. The summed E-state index contributed by atoms with van der Waals surface area (Å²) in [7, 11) is 0. The Morgan fingerprint density at radius 2 is 1.91 bits per heavy atom. The van der Waals surface area contributed by atoms with E-state index >= 15 is 0 Å². The summed E-state index contributed by atoms with van der Waals surface area (Å²) in [5.74, 6) is 0. The van der Waals surface area contributed by atoms with Crippen LogP contribution >= 0.6 is 15.9 Å². The van der Waals surface area contributed by atoms with Gasteiger partial charge in [-0.05, 0) is 48.4 Å². The van der Waals surface area contributed by atoms with Gasteiger partial charge in [-0.2, -0.15) is 0 Å². The van der Waals surface area contributed by atoms with Crippen LogP contribution in [0.5, 0.6) is 0 Å². The van der Waals surface area contributed by atoms with Gasteiger partial charge < -0.3 is 15.6 Å². The third-order valence-electron chi connectivity index (χ3n) is 3.42. The third kappa shape index (κ3) is 3.68. The van der Waals surface area contributed by atoms with Crippen molar-refractivity contribution in [2.24, 2.45) is 0 Å². The Kier molecular flexibility index (Phi) is 4.44. The molecule has 3 N–H and O–H groups in total. The lowest BCUT2D eigenvalue weighted by atomic mass is 10.1. The second-order valence-electron chi connectivity index (χ2n) is 5.04. The number of fused-ring (bicyclic) bond motifs is 1. The molecule has 0 bridgehead atoms. The number of carbonyl (C=O) groups is 1. The maximum Gasteiger partial charge on any atom is 0.319 e. The van der Waals surface area contributed by atoms with Crippen LogP contribution < -0.4 is 10.6 Å². The SMILES string of the molecule is O=C(NCCc1ccc(Br)cc1)Nc1ccc2[nH]ccc2c1. The van der Waals surface area contributed by atoms with Gasteiger partial charge in [0.05, 0.1) is 0 Å². The summed E-state index contributed by atoms with van der Waals surface area (Å²) in [6.07, 6.45) is 2.68. The van der Waals surface area contributed by atoms with E-state index < -0.39 is 0 Å². The highest BCUT2D eigenvalue weighted by atomic mass is 79.9. The predicted molar refractivity (Wildman–Crippen MR) is 93.2 cm³/mol. The van der Waals surface area contributed by atoms with E-state index in [1.807, 2.05) is 54.7 Å². The lowest BCUT2D eigenvalue weighted by Crippen LogP contribution is -2.30. The molecule has 0 fully saturated rings. The summed E-state index contributed by atoms with van der Waals surface area (Å²) in [4.78, 5) is 15.0. The van der Waals surface area contributed by atoms with Crippen molar-refractivity contribution in [2.75, 3.05) is 11.9 Å². The standard InChI is InChI=1S/C17H16BrN3O/c18-14-3-1-12(2-4-14)7-9-20-17(22)21-15-5-6-16-13(11-15)8-10-19-16/h1-6,8,10-11,19H,7,9H2,(H2,20,21,22). The number of aromatic nitrogens is 1. The number of hydrogen-bond acceptors (Lipinski definition) is 1. The molecule has 2 aromatic carbocycles. The largest absolute Gasteiger partial charge is 0.361 e. The molecule has 0 aliphatic heterocycles. The molecule has 22 heavy (non-hydrogen) atoms. The van der Waals surface area contributed by atoms with Gasteiger partial charge in [0.25, 0.3) is 0 Å². The first-order valence-electron chi connectivity index (χ1n) is 7.07. The number of nitrogens with one attached hydrogen (secondary N) is 3. The Morgan fingerprint density at radius 1 is 1.09 bits per heavy atom. The van der Waals surface area contributed by atoms with Gasteiger partial charge in [-0.15, -0.1) is 0 Å². The molecule has 2 amide bonds. The highest BCUT2D eigenvalue weighted by molar-refractivity contribution is 9.10. The van der Waals surface area contributed by atoms with Crippen molar-refractivity contribution in [3.05, 3.63) is 64.8 Å². The molecule has 4 nitrogen and oxygen atoms in total. The Labute approximate surface area is 137 Å². The van der Waals surface area contributed by atoms with Crippen molar-refractivity contribution in [1.29, 1.82) is 0 Å². The lowest BCUT2D eigenvalue weighted by molar-refractivity contribution is 0.252. The molecule has 1 aromatic heterocycles. The number of carbonyl (C=O) groups excluding carboxylic acids is 1. The zero-order chi connectivity index (χ0) is 15.4. The topological polar surface area (TPSA) is 56.9 Å². The molecule has 0 aliphatic rings. The minimum atomic E-state index is -0.188.